The summed E-state index contributed by atoms with van der Waals surface area (Å²) in [7, 11) is 4.85. The number of aromatic hydroxyl groups is 3. The summed E-state index contributed by atoms with van der Waals surface area (Å²) in [5.41, 5.74) is -4.11. The summed E-state index contributed by atoms with van der Waals surface area (Å²) in [6.07, 6.45) is -6.94. The number of aliphatic hydroxyl groups is 1. The highest BCUT2D eigenvalue weighted by Crippen LogP contribution is 2.57. The van der Waals surface area contributed by atoms with Crippen LogP contribution in [0, 0.1) is 0 Å². The van der Waals surface area contributed by atoms with Crippen LogP contribution in [-0.4, -0.2) is 143 Å². The molecule has 6 aliphatic rings. The molecular weight excluding hydrogens is 774 g/mol. The van der Waals surface area contributed by atoms with E-state index in [0.29, 0.717) is 6.42 Å². The van der Waals surface area contributed by atoms with Crippen molar-refractivity contribution >= 4 is 23.3 Å². The van der Waals surface area contributed by atoms with Crippen molar-refractivity contribution in [2.75, 3.05) is 21.2 Å². The van der Waals surface area contributed by atoms with Gasteiger partial charge in [0, 0.05) is 48.4 Å². The molecule has 17 nitrogen and oxygen atoms in total. The minimum Gasteiger partial charge on any atom is -0.507 e. The maximum absolute atomic E-state index is 14.0. The number of ketones is 3. The van der Waals surface area contributed by atoms with Crippen molar-refractivity contribution in [1.29, 1.82) is 0 Å². The van der Waals surface area contributed by atoms with E-state index < -0.39 is 125 Å². The molecule has 14 atom stereocenters. The molecule has 0 unspecified atom stereocenters. The number of hydrogen-bond donors (Lipinski definition) is 4. The highest BCUT2D eigenvalue weighted by atomic mass is 16.8. The van der Waals surface area contributed by atoms with Crippen LogP contribution in [0.5, 0.6) is 17.2 Å². The zero-order chi connectivity index (χ0) is 42.4. The zero-order valence-corrected chi connectivity index (χ0v) is 33.9. The number of nitrogens with zero attached hydrogens (tertiary/aromatic N) is 1. The van der Waals surface area contributed by atoms with Gasteiger partial charge in [0.2, 0.25) is 5.78 Å². The normalized spacial score (nSPS) is 37.8. The van der Waals surface area contributed by atoms with Gasteiger partial charge in [0.15, 0.2) is 30.4 Å². The van der Waals surface area contributed by atoms with Crippen LogP contribution in [0.15, 0.2) is 18.2 Å². The first-order valence-electron chi connectivity index (χ1n) is 20.1. The van der Waals surface area contributed by atoms with Crippen LogP contribution in [0.25, 0.3) is 0 Å². The fraction of sp³-hybridized carbons (Fsp3) is 0.619. The van der Waals surface area contributed by atoms with Crippen molar-refractivity contribution in [3.63, 3.8) is 0 Å². The Hall–Kier alpha value is -4.04. The minimum absolute atomic E-state index is 0.0363. The number of esters is 1. The molecule has 59 heavy (non-hydrogen) atoms. The third-order valence-electron chi connectivity index (χ3n) is 12.9. The Balaban J connectivity index is 1.08. The van der Waals surface area contributed by atoms with Crippen LogP contribution < -0.4 is 0 Å². The lowest BCUT2D eigenvalue weighted by molar-refractivity contribution is -0.371. The number of carbonyl (C=O) groups excluding carboxylic acids is 4. The van der Waals surface area contributed by atoms with Crippen molar-refractivity contribution in [3.05, 3.63) is 51.6 Å². The largest absolute Gasteiger partial charge is 0.507 e. The number of fused-ring (bicyclic) bond motifs is 5. The number of Topliss-reactive ketones (excluding diaryl/α,β-unsaturated/α-hetero) is 1. The number of likely N-dealkylation sites (N-methyl/N-ethyl adjacent to an activating group) is 1. The van der Waals surface area contributed by atoms with E-state index >= 15 is 0 Å². The highest BCUT2D eigenvalue weighted by molar-refractivity contribution is 6.31. The second-order valence-electron chi connectivity index (χ2n) is 16.7. The van der Waals surface area contributed by atoms with Gasteiger partial charge < -0.3 is 63.2 Å². The fourth-order valence-electron chi connectivity index (χ4n) is 9.80. The number of methoxy groups -OCH3 is 1. The molecule has 4 heterocycles. The Morgan fingerprint density at radius 1 is 0.847 bits per heavy atom. The van der Waals surface area contributed by atoms with Crippen LogP contribution in [0.1, 0.15) is 115 Å². The summed E-state index contributed by atoms with van der Waals surface area (Å²) in [6, 6.07) is 3.55. The standard InChI is InChI=1S/C42H51NO16/c1-8-42(51)15-25(29-30(33(42)40(50)52-7)37(49)31-32(36(29)48)35(47)28-19(34(31)46)10-9-11-21(28)44)57-26-12-20(43(5)6)38(17(3)53-26)58-27-14-23-39(18(4)54-27)59-41-24(56-23)13-22(45)16(2)55-41/h9-11,16-18,20,23-27,33,38-39,41,44,48-49,51H,8,12-15H2,1-7H3/t16-,17-,18-,20+,23-,24-,25+,26-,27+,33-,38-,39+,41+,42+/m0/s1. The Kier molecular flexibility index (Phi) is 10.9. The van der Waals surface area contributed by atoms with Gasteiger partial charge in [0.25, 0.3) is 0 Å². The summed E-state index contributed by atoms with van der Waals surface area (Å²) in [5.74, 6) is -6.42. The number of phenols is 3. The molecule has 0 amide bonds. The molecule has 17 heteroatoms. The van der Waals surface area contributed by atoms with Crippen LogP contribution in [0.3, 0.4) is 0 Å². The molecule has 0 saturated carbocycles. The lowest BCUT2D eigenvalue weighted by Gasteiger charge is -2.51. The molecular formula is C42H51NO16. The molecule has 0 radical (unpaired) electrons. The van der Waals surface area contributed by atoms with Gasteiger partial charge in [-0.15, -0.1) is 0 Å². The van der Waals surface area contributed by atoms with Crippen molar-refractivity contribution in [2.45, 2.75) is 145 Å². The molecule has 2 aromatic carbocycles. The molecule has 4 N–H and O–H groups in total. The molecule has 4 fully saturated rings. The molecule has 0 bridgehead atoms. The average molecular weight is 826 g/mol. The summed E-state index contributed by atoms with van der Waals surface area (Å²) in [4.78, 5) is 55.7. The Morgan fingerprint density at radius 3 is 2.22 bits per heavy atom. The third-order valence-corrected chi connectivity index (χ3v) is 12.9. The molecule has 0 aromatic heterocycles. The van der Waals surface area contributed by atoms with Crippen LogP contribution in [-0.2, 0) is 47.5 Å². The summed E-state index contributed by atoms with van der Waals surface area (Å²) < 4.78 is 49.4. The Labute approximate surface area is 340 Å². The Morgan fingerprint density at radius 2 is 1.53 bits per heavy atom. The van der Waals surface area contributed by atoms with E-state index in [4.69, 9.17) is 37.9 Å². The van der Waals surface area contributed by atoms with E-state index in [-0.39, 0.29) is 59.8 Å². The van der Waals surface area contributed by atoms with Gasteiger partial charge in [0.05, 0.1) is 53.8 Å². The van der Waals surface area contributed by atoms with E-state index in [1.165, 1.54) is 18.2 Å². The maximum atomic E-state index is 14.0. The van der Waals surface area contributed by atoms with Crippen molar-refractivity contribution in [3.8, 4) is 17.2 Å². The third kappa shape index (κ3) is 6.84. The first-order chi connectivity index (χ1) is 28.0. The monoisotopic (exact) mass is 825 g/mol. The molecule has 2 aromatic rings. The maximum Gasteiger partial charge on any atom is 0.316 e. The van der Waals surface area contributed by atoms with Gasteiger partial charge in [0.1, 0.15) is 47.6 Å². The fourth-order valence-corrected chi connectivity index (χ4v) is 9.80. The molecule has 4 saturated heterocycles. The van der Waals surface area contributed by atoms with E-state index in [0.717, 1.165) is 7.11 Å². The average Bonchev–Trinajstić information content (AvgIpc) is 3.18. The van der Waals surface area contributed by atoms with Crippen molar-refractivity contribution in [1.82, 2.24) is 4.90 Å². The summed E-state index contributed by atoms with van der Waals surface area (Å²) >= 11 is 0. The summed E-state index contributed by atoms with van der Waals surface area (Å²) in [6.45, 7) is 7.00. The number of ether oxygens (including phenoxy) is 8. The van der Waals surface area contributed by atoms with Crippen LogP contribution in [0.2, 0.25) is 0 Å². The number of phenolic OH excluding ortho intramolecular Hbond substituents is 3. The summed E-state index contributed by atoms with van der Waals surface area (Å²) in [5, 5.41) is 46.7. The van der Waals surface area contributed by atoms with Crippen molar-refractivity contribution in [2.24, 2.45) is 0 Å². The highest BCUT2D eigenvalue weighted by Gasteiger charge is 2.56. The van der Waals surface area contributed by atoms with Gasteiger partial charge in [-0.1, -0.05) is 19.1 Å². The smallest absolute Gasteiger partial charge is 0.316 e. The quantitative estimate of drug-likeness (QED) is 0.198. The van der Waals surface area contributed by atoms with Crippen LogP contribution in [0.4, 0.5) is 0 Å². The predicted molar refractivity (Wildman–Crippen MR) is 201 cm³/mol. The minimum atomic E-state index is -1.92. The second-order valence-corrected chi connectivity index (χ2v) is 16.7. The topological polar surface area (TPSA) is 226 Å². The zero-order valence-electron chi connectivity index (χ0n) is 33.9. The van der Waals surface area contributed by atoms with E-state index in [1.54, 1.807) is 20.8 Å². The van der Waals surface area contributed by atoms with Gasteiger partial charge in [-0.05, 0) is 47.4 Å². The SMILES string of the molecule is CC[C@@]1(O)C[C@@H](O[C@H]2C[C@@H](N(C)C)[C@@H](O[C@@H]3C[C@@H]4O[C@H]5CC(=O)[C@H](C)O[C@@H]5O[C@@H]4[C@H](C)O3)[C@H](C)O2)c2c(O)c3c(c(O)c2[C@H]1C(=O)OC)C(=O)c1cccc(O)c1C3=O. The van der Waals surface area contributed by atoms with E-state index in [9.17, 15) is 39.6 Å². The van der Waals surface area contributed by atoms with Gasteiger partial charge in [-0.25, -0.2) is 0 Å². The molecule has 320 valence electrons. The number of carbonyl (C=O) groups is 4. The Bertz CT molecular complexity index is 2050. The number of benzene rings is 2. The number of rotatable bonds is 7. The van der Waals surface area contributed by atoms with Crippen LogP contribution >= 0.6 is 0 Å². The second kappa shape index (κ2) is 15.5. The molecule has 2 aliphatic carbocycles. The van der Waals surface area contributed by atoms with E-state index in [1.807, 2.05) is 25.9 Å². The van der Waals surface area contributed by atoms with Gasteiger partial charge in [-0.3, -0.25) is 19.2 Å². The lowest BCUT2D eigenvalue weighted by Crippen LogP contribution is -2.62. The van der Waals surface area contributed by atoms with E-state index in [2.05, 4.69) is 0 Å². The predicted octanol–water partition coefficient (Wildman–Crippen LogP) is 2.88. The van der Waals surface area contributed by atoms with Gasteiger partial charge >= 0.3 is 5.97 Å². The first-order valence-corrected chi connectivity index (χ1v) is 20.1. The van der Waals surface area contributed by atoms with Crippen molar-refractivity contribution < 1.29 is 77.5 Å². The number of hydrogen-bond acceptors (Lipinski definition) is 17. The lowest BCUT2D eigenvalue weighted by atomic mass is 9.66. The molecule has 8 rings (SSSR count). The first kappa shape index (κ1) is 41.7. The molecule has 0 spiro atoms. The molecule has 4 aliphatic heterocycles. The van der Waals surface area contributed by atoms with Gasteiger partial charge in [-0.2, -0.15) is 0 Å².